The number of carbonyl (C=O) groups excluding carboxylic acids is 1. The predicted molar refractivity (Wildman–Crippen MR) is 82.2 cm³/mol. The predicted octanol–water partition coefficient (Wildman–Crippen LogP) is 2.24. The molecule has 0 aliphatic heterocycles. The van der Waals surface area contributed by atoms with Crippen LogP contribution >= 0.6 is 0 Å². The topological polar surface area (TPSA) is 43.8 Å². The minimum Gasteiger partial charge on any atom is -0.392 e. The summed E-state index contributed by atoms with van der Waals surface area (Å²) in [5.41, 5.74) is 0.812. The van der Waals surface area contributed by atoms with Crippen molar-refractivity contribution in [2.75, 3.05) is 32.8 Å². The Balaban J connectivity index is 2.79. The SMILES string of the molecule is CCCN(C=O)CCN(CC)C1=CCC=CC(CO)=C1F. The molecule has 0 fully saturated rings. The summed E-state index contributed by atoms with van der Waals surface area (Å²) < 4.78 is 14.4. The summed E-state index contributed by atoms with van der Waals surface area (Å²) >= 11 is 0. The van der Waals surface area contributed by atoms with Crippen molar-refractivity contribution in [1.82, 2.24) is 9.80 Å². The van der Waals surface area contributed by atoms with Gasteiger partial charge in [-0.25, -0.2) is 4.39 Å². The standard InChI is InChI=1S/C16H25FN2O2/c1-3-9-18(13-21)10-11-19(4-2)15-8-6-5-7-14(12-20)16(15)17/h5,7-8,13,20H,3-4,6,9-12H2,1-2H3. The van der Waals surface area contributed by atoms with E-state index in [4.69, 9.17) is 0 Å². The number of amides is 1. The van der Waals surface area contributed by atoms with Crippen LogP contribution in [-0.4, -0.2) is 54.1 Å². The molecule has 1 N–H and O–H groups in total. The summed E-state index contributed by atoms with van der Waals surface area (Å²) in [5.74, 6) is -0.374. The van der Waals surface area contributed by atoms with Gasteiger partial charge in [0.05, 0.1) is 12.3 Å². The highest BCUT2D eigenvalue weighted by molar-refractivity contribution is 5.47. The van der Waals surface area contributed by atoms with Crippen LogP contribution in [0.25, 0.3) is 0 Å². The van der Waals surface area contributed by atoms with Crippen molar-refractivity contribution in [3.63, 3.8) is 0 Å². The van der Waals surface area contributed by atoms with Gasteiger partial charge in [-0.3, -0.25) is 4.79 Å². The number of halogens is 1. The van der Waals surface area contributed by atoms with Gasteiger partial charge in [0.1, 0.15) is 0 Å². The van der Waals surface area contributed by atoms with E-state index >= 15 is 0 Å². The number of hydrogen-bond donors (Lipinski definition) is 1. The van der Waals surface area contributed by atoms with E-state index in [1.807, 2.05) is 30.9 Å². The Morgan fingerprint density at radius 2 is 2.10 bits per heavy atom. The Morgan fingerprint density at radius 3 is 2.67 bits per heavy atom. The number of carbonyl (C=O) groups is 1. The van der Waals surface area contributed by atoms with E-state index in [0.717, 1.165) is 12.8 Å². The van der Waals surface area contributed by atoms with Crippen molar-refractivity contribution in [3.05, 3.63) is 35.3 Å². The molecular weight excluding hydrogens is 271 g/mol. The average molecular weight is 296 g/mol. The van der Waals surface area contributed by atoms with E-state index in [-0.39, 0.29) is 12.4 Å². The zero-order valence-corrected chi connectivity index (χ0v) is 12.9. The molecule has 0 saturated carbocycles. The van der Waals surface area contributed by atoms with E-state index in [1.54, 1.807) is 11.0 Å². The van der Waals surface area contributed by atoms with Gasteiger partial charge in [-0.15, -0.1) is 0 Å². The normalized spacial score (nSPS) is 14.8. The van der Waals surface area contributed by atoms with Gasteiger partial charge in [0.15, 0.2) is 5.83 Å². The maximum absolute atomic E-state index is 14.4. The van der Waals surface area contributed by atoms with Gasteiger partial charge in [0, 0.05) is 31.8 Å². The molecule has 1 rings (SSSR count). The minimum absolute atomic E-state index is 0.304. The molecular formula is C16H25FN2O2. The lowest BCUT2D eigenvalue weighted by atomic mass is 10.2. The van der Waals surface area contributed by atoms with E-state index in [1.165, 1.54) is 0 Å². The van der Waals surface area contributed by atoms with Crippen LogP contribution in [0.1, 0.15) is 26.7 Å². The summed E-state index contributed by atoms with van der Waals surface area (Å²) in [5, 5.41) is 9.24. The molecule has 4 nitrogen and oxygen atoms in total. The summed E-state index contributed by atoms with van der Waals surface area (Å²) in [6.45, 7) is 6.16. The third-order valence-electron chi connectivity index (χ3n) is 3.48. The van der Waals surface area contributed by atoms with Gasteiger partial charge in [-0.1, -0.05) is 25.2 Å². The molecule has 0 heterocycles. The van der Waals surface area contributed by atoms with Gasteiger partial charge >= 0.3 is 0 Å². The van der Waals surface area contributed by atoms with Gasteiger partial charge < -0.3 is 14.9 Å². The maximum Gasteiger partial charge on any atom is 0.209 e. The average Bonchev–Trinajstić information content (AvgIpc) is 2.69. The highest BCUT2D eigenvalue weighted by Crippen LogP contribution is 2.24. The smallest absolute Gasteiger partial charge is 0.209 e. The molecule has 0 spiro atoms. The lowest BCUT2D eigenvalue weighted by Gasteiger charge is -2.28. The van der Waals surface area contributed by atoms with Crippen LogP contribution in [0.5, 0.6) is 0 Å². The highest BCUT2D eigenvalue weighted by Gasteiger charge is 2.17. The lowest BCUT2D eigenvalue weighted by Crippen LogP contribution is -2.35. The van der Waals surface area contributed by atoms with Crippen LogP contribution in [-0.2, 0) is 4.79 Å². The fraction of sp³-hybridized carbons (Fsp3) is 0.562. The Hall–Kier alpha value is -1.62. The lowest BCUT2D eigenvalue weighted by molar-refractivity contribution is -0.118. The summed E-state index contributed by atoms with van der Waals surface area (Å²) in [4.78, 5) is 14.6. The van der Waals surface area contributed by atoms with E-state index in [0.29, 0.717) is 43.9 Å². The quantitative estimate of drug-likeness (QED) is 0.664. The van der Waals surface area contributed by atoms with Crippen molar-refractivity contribution in [1.29, 1.82) is 0 Å². The maximum atomic E-state index is 14.4. The van der Waals surface area contributed by atoms with Gasteiger partial charge in [-0.05, 0) is 19.8 Å². The molecule has 0 bridgehead atoms. The molecule has 1 aliphatic carbocycles. The molecule has 118 valence electrons. The molecule has 0 radical (unpaired) electrons. The second-order valence-electron chi connectivity index (χ2n) is 4.95. The van der Waals surface area contributed by atoms with Crippen molar-refractivity contribution in [2.24, 2.45) is 0 Å². The third-order valence-corrected chi connectivity index (χ3v) is 3.48. The van der Waals surface area contributed by atoms with Crippen molar-refractivity contribution < 1.29 is 14.3 Å². The largest absolute Gasteiger partial charge is 0.392 e. The first-order valence-electron chi connectivity index (χ1n) is 7.48. The number of aliphatic hydroxyl groups excluding tert-OH is 1. The molecule has 0 aromatic carbocycles. The number of allylic oxidation sites excluding steroid dienone is 3. The van der Waals surface area contributed by atoms with Gasteiger partial charge in [0.2, 0.25) is 6.41 Å². The highest BCUT2D eigenvalue weighted by atomic mass is 19.1. The van der Waals surface area contributed by atoms with Gasteiger partial charge in [0.25, 0.3) is 0 Å². The fourth-order valence-electron chi connectivity index (χ4n) is 2.31. The molecule has 1 amide bonds. The molecule has 0 unspecified atom stereocenters. The Kier molecular flexibility index (Phi) is 7.75. The van der Waals surface area contributed by atoms with E-state index < -0.39 is 0 Å². The van der Waals surface area contributed by atoms with Crippen LogP contribution in [0.4, 0.5) is 4.39 Å². The molecule has 21 heavy (non-hydrogen) atoms. The fourth-order valence-corrected chi connectivity index (χ4v) is 2.31. The van der Waals surface area contributed by atoms with Crippen molar-refractivity contribution in [2.45, 2.75) is 26.7 Å². The Labute approximate surface area is 126 Å². The molecule has 0 atom stereocenters. The first-order chi connectivity index (χ1) is 10.2. The van der Waals surface area contributed by atoms with Crippen LogP contribution < -0.4 is 0 Å². The van der Waals surface area contributed by atoms with Crippen molar-refractivity contribution in [3.8, 4) is 0 Å². The summed E-state index contributed by atoms with van der Waals surface area (Å²) in [6.07, 6.45) is 7.66. The number of aliphatic hydroxyl groups is 1. The summed E-state index contributed by atoms with van der Waals surface area (Å²) in [7, 11) is 0. The first-order valence-corrected chi connectivity index (χ1v) is 7.48. The number of rotatable bonds is 9. The third kappa shape index (κ3) is 5.01. The number of hydrogen-bond acceptors (Lipinski definition) is 3. The van der Waals surface area contributed by atoms with E-state index in [2.05, 4.69) is 0 Å². The first kappa shape index (κ1) is 17.4. The number of nitrogens with zero attached hydrogens (tertiary/aromatic N) is 2. The van der Waals surface area contributed by atoms with Crippen molar-refractivity contribution >= 4 is 6.41 Å². The van der Waals surface area contributed by atoms with Crippen LogP contribution in [0.3, 0.4) is 0 Å². The second kappa shape index (κ2) is 9.34. The molecule has 5 heteroatoms. The second-order valence-corrected chi connectivity index (χ2v) is 4.95. The van der Waals surface area contributed by atoms with Crippen LogP contribution in [0.2, 0.25) is 0 Å². The van der Waals surface area contributed by atoms with Gasteiger partial charge in [-0.2, -0.15) is 0 Å². The van der Waals surface area contributed by atoms with Crippen LogP contribution in [0, 0.1) is 0 Å². The van der Waals surface area contributed by atoms with Crippen LogP contribution in [0.15, 0.2) is 35.3 Å². The molecule has 0 aromatic rings. The van der Waals surface area contributed by atoms with E-state index in [9.17, 15) is 14.3 Å². The Bertz CT molecular complexity index is 430. The zero-order valence-electron chi connectivity index (χ0n) is 12.9. The molecule has 0 aromatic heterocycles. The summed E-state index contributed by atoms with van der Waals surface area (Å²) in [6, 6.07) is 0. The monoisotopic (exact) mass is 296 g/mol. The zero-order chi connectivity index (χ0) is 15.7. The molecule has 0 saturated heterocycles. The molecule has 1 aliphatic rings. The minimum atomic E-state index is -0.374. The Morgan fingerprint density at radius 1 is 1.33 bits per heavy atom. The number of likely N-dealkylation sites (N-methyl/N-ethyl adjacent to an activating group) is 1.